The number of piperidine rings is 1. The highest BCUT2D eigenvalue weighted by Gasteiger charge is 2.24. The summed E-state index contributed by atoms with van der Waals surface area (Å²) in [5, 5.41) is 0. The summed E-state index contributed by atoms with van der Waals surface area (Å²) < 4.78 is 13.3. The fourth-order valence-corrected chi connectivity index (χ4v) is 2.58. The van der Waals surface area contributed by atoms with Crippen LogP contribution in [-0.4, -0.2) is 19.0 Å². The number of nitrogens with zero attached hydrogens (tertiary/aromatic N) is 1. The number of carbonyl (C=O) groups excluding carboxylic acids is 1. The van der Waals surface area contributed by atoms with Gasteiger partial charge in [-0.1, -0.05) is 0 Å². The highest BCUT2D eigenvalue weighted by molar-refractivity contribution is 5.77. The van der Waals surface area contributed by atoms with Gasteiger partial charge in [0.2, 0.25) is 5.91 Å². The van der Waals surface area contributed by atoms with Crippen molar-refractivity contribution in [2.75, 3.05) is 18.0 Å². The second-order valence-corrected chi connectivity index (χ2v) is 5.16. The molecule has 1 atom stereocenters. The Kier molecular flexibility index (Phi) is 4.04. The molecule has 1 aliphatic heterocycles. The van der Waals surface area contributed by atoms with Crippen molar-refractivity contribution in [3.8, 4) is 0 Å². The summed E-state index contributed by atoms with van der Waals surface area (Å²) in [6.45, 7) is 3.34. The molecule has 2 rings (SSSR count). The van der Waals surface area contributed by atoms with E-state index in [1.807, 2.05) is 6.92 Å². The van der Waals surface area contributed by atoms with Crippen molar-refractivity contribution in [1.29, 1.82) is 0 Å². The first-order valence-corrected chi connectivity index (χ1v) is 6.58. The van der Waals surface area contributed by atoms with Crippen LogP contribution in [0.5, 0.6) is 0 Å². The van der Waals surface area contributed by atoms with Gasteiger partial charge in [-0.2, -0.15) is 0 Å². The van der Waals surface area contributed by atoms with E-state index in [0.717, 1.165) is 37.2 Å². The molecule has 1 aromatic rings. The number of amides is 1. The highest BCUT2D eigenvalue weighted by Crippen LogP contribution is 2.29. The molecule has 1 heterocycles. The zero-order valence-electron chi connectivity index (χ0n) is 11.1. The first-order chi connectivity index (χ1) is 8.99. The van der Waals surface area contributed by atoms with E-state index in [1.54, 1.807) is 6.07 Å². The number of halogens is 1. The van der Waals surface area contributed by atoms with Gasteiger partial charge in [0, 0.05) is 30.7 Å². The van der Waals surface area contributed by atoms with Gasteiger partial charge in [-0.25, -0.2) is 4.39 Å². The van der Waals surface area contributed by atoms with Crippen molar-refractivity contribution in [3.63, 3.8) is 0 Å². The summed E-state index contributed by atoms with van der Waals surface area (Å²) in [5.41, 5.74) is 13.0. The lowest BCUT2D eigenvalue weighted by molar-refractivity contribution is -0.122. The average molecular weight is 265 g/mol. The Balaban J connectivity index is 2.17. The molecule has 1 amide bonds. The van der Waals surface area contributed by atoms with Crippen LogP contribution in [0.1, 0.15) is 31.4 Å². The SMILES string of the molecule is CC(N)c1cc(F)ccc1N1CCC(C(N)=O)CC1. The summed E-state index contributed by atoms with van der Waals surface area (Å²) in [6, 6.07) is 4.47. The standard InChI is InChI=1S/C14H20FN3O/c1-9(16)12-8-11(15)2-3-13(12)18-6-4-10(5-7-18)14(17)19/h2-3,8-10H,4-7,16H2,1H3,(H2,17,19). The highest BCUT2D eigenvalue weighted by atomic mass is 19.1. The quantitative estimate of drug-likeness (QED) is 0.871. The second-order valence-electron chi connectivity index (χ2n) is 5.16. The molecule has 1 aliphatic rings. The Morgan fingerprint density at radius 3 is 2.58 bits per heavy atom. The summed E-state index contributed by atoms with van der Waals surface area (Å²) in [7, 11) is 0. The Bertz CT molecular complexity index is 468. The third kappa shape index (κ3) is 3.04. The molecule has 0 saturated carbocycles. The predicted octanol–water partition coefficient (Wildman–Crippen LogP) is 1.55. The molecule has 4 nitrogen and oxygen atoms in total. The van der Waals surface area contributed by atoms with E-state index in [4.69, 9.17) is 11.5 Å². The zero-order valence-corrected chi connectivity index (χ0v) is 11.1. The van der Waals surface area contributed by atoms with E-state index < -0.39 is 0 Å². The Hall–Kier alpha value is -1.62. The van der Waals surface area contributed by atoms with Crippen LogP contribution in [0, 0.1) is 11.7 Å². The molecular formula is C14H20FN3O. The molecule has 1 aromatic carbocycles. The van der Waals surface area contributed by atoms with Gasteiger partial charge in [-0.15, -0.1) is 0 Å². The molecule has 19 heavy (non-hydrogen) atoms. The van der Waals surface area contributed by atoms with Crippen LogP contribution in [0.3, 0.4) is 0 Å². The number of nitrogens with two attached hydrogens (primary N) is 2. The van der Waals surface area contributed by atoms with Crippen LogP contribution < -0.4 is 16.4 Å². The maximum Gasteiger partial charge on any atom is 0.220 e. The van der Waals surface area contributed by atoms with E-state index in [2.05, 4.69) is 4.90 Å². The summed E-state index contributed by atoms with van der Waals surface area (Å²) in [5.74, 6) is -0.551. The largest absolute Gasteiger partial charge is 0.371 e. The maximum absolute atomic E-state index is 13.3. The fourth-order valence-electron chi connectivity index (χ4n) is 2.58. The molecule has 0 spiro atoms. The molecule has 1 saturated heterocycles. The molecule has 0 radical (unpaired) electrons. The number of hydrogen-bond donors (Lipinski definition) is 2. The summed E-state index contributed by atoms with van der Waals surface area (Å²) in [6.07, 6.45) is 1.48. The fraction of sp³-hybridized carbons (Fsp3) is 0.500. The number of benzene rings is 1. The van der Waals surface area contributed by atoms with Gasteiger partial charge in [0.25, 0.3) is 0 Å². The second kappa shape index (κ2) is 5.57. The smallest absolute Gasteiger partial charge is 0.220 e. The number of anilines is 1. The van der Waals surface area contributed by atoms with Crippen LogP contribution >= 0.6 is 0 Å². The van der Waals surface area contributed by atoms with Gasteiger partial charge in [0.05, 0.1) is 0 Å². The van der Waals surface area contributed by atoms with Gasteiger partial charge < -0.3 is 16.4 Å². The zero-order chi connectivity index (χ0) is 14.0. The van der Waals surface area contributed by atoms with Crippen LogP contribution in [0.25, 0.3) is 0 Å². The van der Waals surface area contributed by atoms with E-state index >= 15 is 0 Å². The minimum Gasteiger partial charge on any atom is -0.371 e. The van der Waals surface area contributed by atoms with Gasteiger partial charge in [-0.05, 0) is 43.5 Å². The molecule has 0 bridgehead atoms. The van der Waals surface area contributed by atoms with Crippen molar-refractivity contribution >= 4 is 11.6 Å². The molecule has 0 aliphatic carbocycles. The lowest BCUT2D eigenvalue weighted by Gasteiger charge is -2.34. The Morgan fingerprint density at radius 2 is 2.05 bits per heavy atom. The van der Waals surface area contributed by atoms with Crippen molar-refractivity contribution in [2.24, 2.45) is 17.4 Å². The molecule has 1 fully saturated rings. The van der Waals surface area contributed by atoms with Crippen LogP contribution in [0.15, 0.2) is 18.2 Å². The monoisotopic (exact) mass is 265 g/mol. The number of hydrogen-bond acceptors (Lipinski definition) is 3. The molecule has 0 aromatic heterocycles. The van der Waals surface area contributed by atoms with Crippen LogP contribution in [0.4, 0.5) is 10.1 Å². The number of primary amides is 1. The lowest BCUT2D eigenvalue weighted by Crippen LogP contribution is -2.39. The average Bonchev–Trinajstić information content (AvgIpc) is 2.38. The maximum atomic E-state index is 13.3. The van der Waals surface area contributed by atoms with E-state index in [9.17, 15) is 9.18 Å². The molecule has 104 valence electrons. The van der Waals surface area contributed by atoms with Crippen molar-refractivity contribution < 1.29 is 9.18 Å². The van der Waals surface area contributed by atoms with Crippen molar-refractivity contribution in [1.82, 2.24) is 0 Å². The lowest BCUT2D eigenvalue weighted by atomic mass is 9.95. The molecule has 1 unspecified atom stereocenters. The first-order valence-electron chi connectivity index (χ1n) is 6.58. The van der Waals surface area contributed by atoms with Gasteiger partial charge in [0.15, 0.2) is 0 Å². The van der Waals surface area contributed by atoms with Gasteiger partial charge in [0.1, 0.15) is 5.82 Å². The van der Waals surface area contributed by atoms with Crippen LogP contribution in [-0.2, 0) is 4.79 Å². The topological polar surface area (TPSA) is 72.3 Å². The van der Waals surface area contributed by atoms with Gasteiger partial charge in [-0.3, -0.25) is 4.79 Å². The number of carbonyl (C=O) groups is 1. The van der Waals surface area contributed by atoms with Crippen LogP contribution in [0.2, 0.25) is 0 Å². The van der Waals surface area contributed by atoms with Crippen molar-refractivity contribution in [2.45, 2.75) is 25.8 Å². The van der Waals surface area contributed by atoms with E-state index in [0.29, 0.717) is 0 Å². The van der Waals surface area contributed by atoms with Crippen molar-refractivity contribution in [3.05, 3.63) is 29.6 Å². The molecule has 4 N–H and O–H groups in total. The normalized spacial score (nSPS) is 18.4. The predicted molar refractivity (Wildman–Crippen MR) is 73.1 cm³/mol. The van der Waals surface area contributed by atoms with E-state index in [-0.39, 0.29) is 23.7 Å². The third-order valence-corrected chi connectivity index (χ3v) is 3.72. The number of rotatable bonds is 3. The molecular weight excluding hydrogens is 245 g/mol. The Labute approximate surface area is 112 Å². The molecule has 5 heteroatoms. The minimum absolute atomic E-state index is 0.0459. The van der Waals surface area contributed by atoms with E-state index in [1.165, 1.54) is 12.1 Å². The third-order valence-electron chi connectivity index (χ3n) is 3.72. The first kappa shape index (κ1) is 13.8. The minimum atomic E-state index is -0.275. The Morgan fingerprint density at radius 1 is 1.42 bits per heavy atom. The van der Waals surface area contributed by atoms with Gasteiger partial charge >= 0.3 is 0 Å². The summed E-state index contributed by atoms with van der Waals surface area (Å²) in [4.78, 5) is 13.3. The summed E-state index contributed by atoms with van der Waals surface area (Å²) >= 11 is 0.